The van der Waals surface area contributed by atoms with Gasteiger partial charge in [0.2, 0.25) is 0 Å². The molecule has 7 nitrogen and oxygen atoms in total. The van der Waals surface area contributed by atoms with Crippen molar-refractivity contribution in [1.82, 2.24) is 14.8 Å². The number of aliphatic imine (C=N–C) groups is 1. The predicted octanol–water partition coefficient (Wildman–Crippen LogP) is 5.16. The van der Waals surface area contributed by atoms with Gasteiger partial charge < -0.3 is 14.9 Å². The van der Waals surface area contributed by atoms with Crippen LogP contribution in [0, 0.1) is 0 Å². The zero-order chi connectivity index (χ0) is 18.8. The highest BCUT2D eigenvalue weighted by Crippen LogP contribution is 2.39. The Balaban J connectivity index is 1.75. The van der Waals surface area contributed by atoms with Crippen molar-refractivity contribution in [3.8, 4) is 22.5 Å². The number of nitrogens with two attached hydrogens (primary N) is 1. The first kappa shape index (κ1) is 17.5. The Morgan fingerprint density at radius 1 is 1.48 bits per heavy atom. The van der Waals surface area contributed by atoms with Crippen LogP contribution in [0.1, 0.15) is 44.2 Å². The summed E-state index contributed by atoms with van der Waals surface area (Å²) in [6.45, 7) is 5.69. The van der Waals surface area contributed by atoms with E-state index in [-0.39, 0.29) is 0 Å². The fourth-order valence-electron chi connectivity index (χ4n) is 3.31. The van der Waals surface area contributed by atoms with Crippen molar-refractivity contribution in [2.24, 2.45) is 10.7 Å². The largest absolute Gasteiger partial charge is 0.439 e. The van der Waals surface area contributed by atoms with Gasteiger partial charge in [0.05, 0.1) is 17.4 Å². The van der Waals surface area contributed by atoms with Gasteiger partial charge >= 0.3 is 0 Å². The monoisotopic (exact) mass is 383 g/mol. The lowest BCUT2D eigenvalue weighted by Crippen LogP contribution is -2.09. The predicted molar refractivity (Wildman–Crippen MR) is 107 cm³/mol. The molecule has 0 saturated heterocycles. The second-order valence-electron chi connectivity index (χ2n) is 6.45. The molecule has 3 aromatic heterocycles. The maximum atomic E-state index is 5.86. The molecule has 0 aliphatic heterocycles. The van der Waals surface area contributed by atoms with Crippen molar-refractivity contribution < 1.29 is 9.15 Å². The molecule has 0 unspecified atom stereocenters. The van der Waals surface area contributed by atoms with Crippen LogP contribution < -0.4 is 10.5 Å². The number of hydrogen-bond donors (Lipinski definition) is 1. The molecule has 1 aliphatic carbocycles. The number of nitrogens with zero attached hydrogens (tertiary/aromatic N) is 4. The van der Waals surface area contributed by atoms with Crippen molar-refractivity contribution >= 4 is 29.1 Å². The number of rotatable bonds is 6. The van der Waals surface area contributed by atoms with Crippen LogP contribution in [-0.4, -0.2) is 20.6 Å². The number of aromatic nitrogens is 3. The van der Waals surface area contributed by atoms with Crippen molar-refractivity contribution in [3.05, 3.63) is 35.9 Å². The van der Waals surface area contributed by atoms with Gasteiger partial charge in [-0.1, -0.05) is 25.5 Å². The number of thiophene rings is 1. The summed E-state index contributed by atoms with van der Waals surface area (Å²) < 4.78 is 13.3. The van der Waals surface area contributed by atoms with E-state index in [9.17, 15) is 0 Å². The van der Waals surface area contributed by atoms with Crippen LogP contribution in [0.4, 0.5) is 5.82 Å². The Morgan fingerprint density at radius 3 is 2.96 bits per heavy atom. The summed E-state index contributed by atoms with van der Waals surface area (Å²) >= 11 is 1.49. The molecule has 1 fully saturated rings. The molecule has 0 aromatic carbocycles. The summed E-state index contributed by atoms with van der Waals surface area (Å²) in [5, 5.41) is 7.46. The van der Waals surface area contributed by atoms with Crippen LogP contribution in [0.5, 0.6) is 10.9 Å². The molecule has 0 bridgehead atoms. The first-order valence-electron chi connectivity index (χ1n) is 8.88. The van der Waals surface area contributed by atoms with Crippen LogP contribution in [0.3, 0.4) is 0 Å². The van der Waals surface area contributed by atoms with Crippen molar-refractivity contribution in [2.45, 2.75) is 38.6 Å². The molecule has 2 N–H and O–H groups in total. The van der Waals surface area contributed by atoms with Crippen LogP contribution >= 0.6 is 11.3 Å². The molecule has 8 heteroatoms. The van der Waals surface area contributed by atoms with E-state index in [4.69, 9.17) is 20.0 Å². The van der Waals surface area contributed by atoms with E-state index in [1.807, 2.05) is 22.2 Å². The lowest BCUT2D eigenvalue weighted by Gasteiger charge is -2.12. The molecule has 0 radical (unpaired) electrons. The third kappa shape index (κ3) is 3.52. The Morgan fingerprint density at radius 2 is 2.30 bits per heavy atom. The average Bonchev–Trinajstić information content (AvgIpc) is 3.42. The molecule has 0 atom stereocenters. The normalized spacial score (nSPS) is 15.4. The first-order valence-corrected chi connectivity index (χ1v) is 9.76. The molecule has 140 valence electrons. The lowest BCUT2D eigenvalue weighted by molar-refractivity contribution is 0.467. The van der Waals surface area contributed by atoms with Gasteiger partial charge in [-0.05, 0) is 37.3 Å². The topological polar surface area (TPSA) is 91.5 Å². The van der Waals surface area contributed by atoms with Gasteiger partial charge in [-0.25, -0.2) is 9.67 Å². The Kier molecular flexibility index (Phi) is 4.81. The van der Waals surface area contributed by atoms with Gasteiger partial charge in [0.15, 0.2) is 22.8 Å². The second kappa shape index (κ2) is 7.40. The van der Waals surface area contributed by atoms with Crippen molar-refractivity contribution in [1.29, 1.82) is 0 Å². The summed E-state index contributed by atoms with van der Waals surface area (Å²) in [4.78, 5) is 8.95. The third-order valence-electron chi connectivity index (χ3n) is 4.46. The Bertz CT molecular complexity index is 961. The van der Waals surface area contributed by atoms with E-state index in [0.717, 1.165) is 23.5 Å². The van der Waals surface area contributed by atoms with E-state index in [0.29, 0.717) is 35.2 Å². The van der Waals surface area contributed by atoms with Gasteiger partial charge in [0.25, 0.3) is 11.8 Å². The van der Waals surface area contributed by atoms with E-state index < -0.39 is 0 Å². The molecule has 3 aromatic rings. The van der Waals surface area contributed by atoms with E-state index in [1.165, 1.54) is 30.4 Å². The molecular formula is C19H21N5O2S. The maximum absolute atomic E-state index is 5.86. The van der Waals surface area contributed by atoms with Crippen LogP contribution in [0.15, 0.2) is 39.8 Å². The number of ether oxygens (including phenoxy) is 1. The molecule has 1 aliphatic rings. The summed E-state index contributed by atoms with van der Waals surface area (Å²) in [7, 11) is 0. The summed E-state index contributed by atoms with van der Waals surface area (Å²) in [6.07, 6.45) is 7.72. The van der Waals surface area contributed by atoms with Gasteiger partial charge in [-0.2, -0.15) is 10.1 Å². The average molecular weight is 383 g/mol. The van der Waals surface area contributed by atoms with Gasteiger partial charge in [-0.15, -0.1) is 11.3 Å². The fourth-order valence-corrected chi connectivity index (χ4v) is 3.89. The Labute approximate surface area is 161 Å². The highest BCUT2D eigenvalue weighted by atomic mass is 32.1. The van der Waals surface area contributed by atoms with Crippen LogP contribution in [-0.2, 0) is 0 Å². The number of oxazole rings is 1. The molecular weight excluding hydrogens is 362 g/mol. The smallest absolute Gasteiger partial charge is 0.259 e. The SMILES string of the molecule is C=Cc1c(-c2nc(Oc3cccs3)co2)nn(C2CCCC2)c1N=C(C)N. The molecule has 4 rings (SSSR count). The molecule has 0 spiro atoms. The van der Waals surface area contributed by atoms with E-state index in [2.05, 4.69) is 16.6 Å². The minimum absolute atomic E-state index is 0.298. The zero-order valence-corrected chi connectivity index (χ0v) is 15.9. The van der Waals surface area contributed by atoms with Crippen LogP contribution in [0.25, 0.3) is 17.7 Å². The quantitative estimate of drug-likeness (QED) is 0.469. The summed E-state index contributed by atoms with van der Waals surface area (Å²) in [5.74, 6) is 1.93. The zero-order valence-electron chi connectivity index (χ0n) is 15.1. The Hall–Kier alpha value is -2.87. The first-order chi connectivity index (χ1) is 13.2. The molecule has 27 heavy (non-hydrogen) atoms. The summed E-state index contributed by atoms with van der Waals surface area (Å²) in [6, 6.07) is 4.09. The fraction of sp³-hybridized carbons (Fsp3) is 0.316. The molecule has 3 heterocycles. The van der Waals surface area contributed by atoms with Crippen molar-refractivity contribution in [3.63, 3.8) is 0 Å². The number of hydrogen-bond acceptors (Lipinski definition) is 6. The highest BCUT2D eigenvalue weighted by molar-refractivity contribution is 7.11. The molecule has 0 amide bonds. The van der Waals surface area contributed by atoms with Gasteiger partial charge in [-0.3, -0.25) is 0 Å². The minimum atomic E-state index is 0.298. The van der Waals surface area contributed by atoms with Gasteiger partial charge in [0, 0.05) is 0 Å². The lowest BCUT2D eigenvalue weighted by atomic mass is 10.2. The maximum Gasteiger partial charge on any atom is 0.259 e. The molecule has 1 saturated carbocycles. The van der Waals surface area contributed by atoms with E-state index >= 15 is 0 Å². The third-order valence-corrected chi connectivity index (χ3v) is 5.21. The van der Waals surface area contributed by atoms with E-state index in [1.54, 1.807) is 13.0 Å². The standard InChI is InChI=1S/C19H21N5O2S/c1-3-14-17(19-22-15(11-25-19)26-16-9-6-10-27-16)23-24(13-7-4-5-8-13)18(14)21-12(2)20/h3,6,9-11,13H,1,4-5,7-8H2,2H3,(H2,20,21). The minimum Gasteiger partial charge on any atom is -0.439 e. The van der Waals surface area contributed by atoms with Gasteiger partial charge in [0.1, 0.15) is 0 Å². The van der Waals surface area contributed by atoms with Crippen molar-refractivity contribution in [2.75, 3.05) is 0 Å². The van der Waals surface area contributed by atoms with Crippen LogP contribution in [0.2, 0.25) is 0 Å². The summed E-state index contributed by atoms with van der Waals surface area (Å²) in [5.41, 5.74) is 7.22. The highest BCUT2D eigenvalue weighted by Gasteiger charge is 2.27. The second-order valence-corrected chi connectivity index (χ2v) is 7.36. The number of amidine groups is 1.